The molecule has 3 fully saturated rings. The molecule has 3 N–H and O–H groups in total. The SMILES string of the molecule is CCc1ncccc1-c1c2c3cc(ccc3n1CC)-c1cc(O)cc(c1)C[C@H](NC(=O)[C@H](C(C)C)N(C)C(=O)[C@H]1CCN(C(=O)/C=C/CN3CCOCC3)C1)C(=O)N1CCC[C@H](N1)C(=O)OCC(C)(C)C2.S.S.S.S. The van der Waals surface area contributed by atoms with Crippen LogP contribution in [-0.4, -0.2) is 148 Å². The van der Waals surface area contributed by atoms with Crippen LogP contribution in [0, 0.1) is 17.3 Å². The first-order valence-electron chi connectivity index (χ1n) is 25.5. The van der Waals surface area contributed by atoms with Crippen molar-refractivity contribution in [2.24, 2.45) is 17.3 Å². The Morgan fingerprint density at radius 1 is 0.973 bits per heavy atom. The predicted molar refractivity (Wildman–Crippen MR) is 313 cm³/mol. The molecule has 0 unspecified atom stereocenters. The number of morpholine rings is 1. The molecular weight excluding hydrogens is 1030 g/mol. The summed E-state index contributed by atoms with van der Waals surface area (Å²) in [6.07, 6.45) is 8.02. The Hall–Kier alpha value is -4.70. The van der Waals surface area contributed by atoms with E-state index in [1.165, 1.54) is 9.91 Å². The first-order valence-corrected chi connectivity index (χ1v) is 25.5. The maximum absolute atomic E-state index is 14.8. The van der Waals surface area contributed by atoms with Gasteiger partial charge in [0.15, 0.2) is 0 Å². The summed E-state index contributed by atoms with van der Waals surface area (Å²) in [4.78, 5) is 80.9. The number of benzene rings is 2. The second-order valence-electron chi connectivity index (χ2n) is 20.8. The number of amides is 4. The highest BCUT2D eigenvalue weighted by Gasteiger charge is 2.40. The number of phenols is 1. The number of carbonyl (C=O) groups is 5. The van der Waals surface area contributed by atoms with E-state index in [9.17, 15) is 29.1 Å². The smallest absolute Gasteiger partial charge is 0.324 e. The molecule has 3 saturated heterocycles. The quantitative estimate of drug-likeness (QED) is 0.119. The number of esters is 1. The Balaban J connectivity index is 0.00000304. The summed E-state index contributed by atoms with van der Waals surface area (Å²) in [6.45, 7) is 17.5. The van der Waals surface area contributed by atoms with Crippen molar-refractivity contribution < 1.29 is 38.6 Å². The lowest BCUT2D eigenvalue weighted by Crippen LogP contribution is -2.62. The van der Waals surface area contributed by atoms with Gasteiger partial charge in [-0.2, -0.15) is 54.0 Å². The number of nitrogens with one attached hydrogen (secondary N) is 2. The van der Waals surface area contributed by atoms with Gasteiger partial charge in [-0.05, 0) is 104 Å². The van der Waals surface area contributed by atoms with Crippen LogP contribution in [0.1, 0.15) is 77.6 Å². The van der Waals surface area contributed by atoms with Gasteiger partial charge in [-0.25, -0.2) is 5.43 Å². The van der Waals surface area contributed by atoms with Crippen molar-refractivity contribution in [3.05, 3.63) is 83.7 Å². The van der Waals surface area contributed by atoms with Crippen LogP contribution in [0.25, 0.3) is 33.3 Å². The number of aryl methyl sites for hydroxylation is 2. The van der Waals surface area contributed by atoms with Gasteiger partial charge in [0.05, 0.1) is 31.4 Å². The molecule has 6 bridgehead atoms. The minimum absolute atomic E-state index is 0. The van der Waals surface area contributed by atoms with Crippen LogP contribution >= 0.6 is 54.0 Å². The highest BCUT2D eigenvalue weighted by atomic mass is 32.1. The number of cyclic esters (lactones) is 1. The first kappa shape index (κ1) is 62.8. The molecule has 16 nitrogen and oxygen atoms in total. The Kier molecular flexibility index (Phi) is 23.1. The lowest BCUT2D eigenvalue weighted by atomic mass is 9.84. The molecule has 4 atom stereocenters. The second kappa shape index (κ2) is 27.6. The summed E-state index contributed by atoms with van der Waals surface area (Å²) in [5.74, 6) is -2.70. The summed E-state index contributed by atoms with van der Waals surface area (Å²) < 4.78 is 13.9. The van der Waals surface area contributed by atoms with Gasteiger partial charge in [-0.3, -0.25) is 38.9 Å². The molecule has 75 heavy (non-hydrogen) atoms. The number of hydrogen-bond donors (Lipinski definition) is 3. The van der Waals surface area contributed by atoms with E-state index in [0.29, 0.717) is 64.1 Å². The third-order valence-electron chi connectivity index (χ3n) is 14.6. The zero-order valence-corrected chi connectivity index (χ0v) is 48.5. The van der Waals surface area contributed by atoms with E-state index < -0.39 is 47.2 Å². The van der Waals surface area contributed by atoms with E-state index in [0.717, 1.165) is 64.1 Å². The monoisotopic (exact) mass is 1110 g/mol. The van der Waals surface area contributed by atoms with Crippen LogP contribution in [0.15, 0.2) is 66.9 Å². The number of aromatic hydroxyl groups is 1. The summed E-state index contributed by atoms with van der Waals surface area (Å²) in [5.41, 5.74) is 10.1. The molecule has 20 heteroatoms. The zero-order chi connectivity index (χ0) is 50.6. The van der Waals surface area contributed by atoms with Crippen molar-refractivity contribution in [1.82, 2.24) is 40.0 Å². The fourth-order valence-electron chi connectivity index (χ4n) is 10.9. The number of hydrogen-bond acceptors (Lipinski definition) is 11. The van der Waals surface area contributed by atoms with Crippen LogP contribution in [0.2, 0.25) is 0 Å². The number of fused-ring (bicyclic) bond motifs is 6. The van der Waals surface area contributed by atoms with Gasteiger partial charge in [-0.1, -0.05) is 52.8 Å². The maximum Gasteiger partial charge on any atom is 0.324 e. The molecule has 0 spiro atoms. The van der Waals surface area contributed by atoms with Gasteiger partial charge in [0, 0.05) is 99.1 Å². The number of phenolic OH excluding ortho intramolecular Hbond substituents is 1. The number of pyridine rings is 1. The topological polar surface area (TPSA) is 179 Å². The summed E-state index contributed by atoms with van der Waals surface area (Å²) >= 11 is 0. The molecule has 2 aromatic heterocycles. The molecule has 4 aliphatic heterocycles. The third kappa shape index (κ3) is 14.5. The zero-order valence-electron chi connectivity index (χ0n) is 44.5. The summed E-state index contributed by atoms with van der Waals surface area (Å²) in [5, 5.41) is 16.8. The molecule has 0 radical (unpaired) electrons. The second-order valence-corrected chi connectivity index (χ2v) is 20.8. The van der Waals surface area contributed by atoms with E-state index in [4.69, 9.17) is 14.5 Å². The highest BCUT2D eigenvalue weighted by molar-refractivity contribution is 7.59. The molecule has 412 valence electrons. The van der Waals surface area contributed by atoms with E-state index in [1.807, 2.05) is 44.3 Å². The van der Waals surface area contributed by atoms with Crippen molar-refractivity contribution in [1.29, 1.82) is 0 Å². The van der Waals surface area contributed by atoms with Crippen molar-refractivity contribution in [2.45, 2.75) is 105 Å². The lowest BCUT2D eigenvalue weighted by molar-refractivity contribution is -0.155. The fraction of sp³-hybridized carbons (Fsp3) is 0.527. The van der Waals surface area contributed by atoms with Crippen LogP contribution in [0.4, 0.5) is 0 Å². The third-order valence-corrected chi connectivity index (χ3v) is 14.6. The van der Waals surface area contributed by atoms with Gasteiger partial charge in [0.25, 0.3) is 5.91 Å². The van der Waals surface area contributed by atoms with Gasteiger partial charge in [0.1, 0.15) is 23.9 Å². The maximum atomic E-state index is 14.8. The van der Waals surface area contributed by atoms with Crippen molar-refractivity contribution in [3.63, 3.8) is 0 Å². The molecule has 4 aliphatic rings. The normalized spacial score (nSPS) is 20.5. The van der Waals surface area contributed by atoms with Gasteiger partial charge < -0.3 is 34.3 Å². The van der Waals surface area contributed by atoms with Crippen molar-refractivity contribution in [2.75, 3.05) is 66.1 Å². The fourth-order valence-corrected chi connectivity index (χ4v) is 10.9. The van der Waals surface area contributed by atoms with Crippen LogP contribution < -0.4 is 10.7 Å². The number of likely N-dealkylation sites (N-methyl/N-ethyl adjacent to an activating group) is 1. The van der Waals surface area contributed by atoms with Crippen LogP contribution in [0.3, 0.4) is 0 Å². The number of nitrogens with zero attached hydrogens (tertiary/aromatic N) is 6. The molecule has 0 aliphatic carbocycles. The predicted octanol–water partition coefficient (Wildman–Crippen LogP) is 5.98. The Labute approximate surface area is 470 Å². The Morgan fingerprint density at radius 3 is 2.43 bits per heavy atom. The number of hydrazine groups is 1. The van der Waals surface area contributed by atoms with E-state index in [2.05, 4.69) is 66.1 Å². The molecule has 8 rings (SSSR count). The van der Waals surface area contributed by atoms with E-state index in [1.54, 1.807) is 30.2 Å². The molecule has 0 saturated carbocycles. The Bertz CT molecular complexity index is 2680. The summed E-state index contributed by atoms with van der Waals surface area (Å²) in [6, 6.07) is 12.7. The number of carbonyl (C=O) groups excluding carboxylic acids is 5. The Morgan fingerprint density at radius 2 is 1.72 bits per heavy atom. The molecule has 2 aromatic carbocycles. The average molecular weight is 1110 g/mol. The number of ether oxygens (including phenoxy) is 2. The lowest BCUT2D eigenvalue weighted by Gasteiger charge is -2.37. The molecule has 4 aromatic rings. The molecular formula is C55H80N8O8S4. The van der Waals surface area contributed by atoms with Gasteiger partial charge >= 0.3 is 5.97 Å². The number of rotatable bonds is 11. The number of likely N-dealkylation sites (tertiary alicyclic amines) is 1. The minimum atomic E-state index is -1.16. The highest BCUT2D eigenvalue weighted by Crippen LogP contribution is 2.41. The summed E-state index contributed by atoms with van der Waals surface area (Å²) in [7, 11) is 1.61. The first-order chi connectivity index (χ1) is 34.0. The van der Waals surface area contributed by atoms with Gasteiger partial charge in [-0.15, -0.1) is 0 Å². The molecule has 6 heterocycles. The number of aromatic nitrogens is 2. The average Bonchev–Trinajstić information content (AvgIpc) is 3.98. The van der Waals surface area contributed by atoms with Crippen LogP contribution in [0.5, 0.6) is 5.75 Å². The van der Waals surface area contributed by atoms with Crippen molar-refractivity contribution >= 4 is 94.5 Å². The van der Waals surface area contributed by atoms with Crippen LogP contribution in [-0.2, 0) is 59.3 Å². The van der Waals surface area contributed by atoms with E-state index >= 15 is 0 Å². The van der Waals surface area contributed by atoms with E-state index in [-0.39, 0.29) is 104 Å². The standard InChI is InChI=1S/C55H72N8O8.4H2S/c1-8-44-41(13-10-19-56-44)50-43-32-55(5,6)34-71-54(69)45-14-11-21-63(58-45)53(68)46(29-36-27-39(30-40(64)28-36)37-16-17-47(42(43)31-37)62(50)9-2)57-51(66)49(35(3)4)59(7)52(67)38-18-22-61(33-38)48(65)15-12-20-60-23-25-70-26-24-60;;;;/h10,12-13,15-17,19,27-28,30-31,35,38,45-46,49,58,64H,8-9,11,14,18,20-26,29,32-34H2,1-7H3,(H,57,66);4*1H2/b15-12+;;;;/t38-,45-,46-,49-;;;;/m0..../s1. The van der Waals surface area contributed by atoms with Gasteiger partial charge in [0.2, 0.25) is 17.7 Å². The molecule has 4 amide bonds. The minimum Gasteiger partial charge on any atom is -0.508 e. The largest absolute Gasteiger partial charge is 0.508 e. The van der Waals surface area contributed by atoms with Crippen molar-refractivity contribution in [3.8, 4) is 28.1 Å².